The molecule has 0 atom stereocenters. The van der Waals surface area contributed by atoms with E-state index in [0.29, 0.717) is 11.0 Å². The zero-order valence-electron chi connectivity index (χ0n) is 13.1. The Kier molecular flexibility index (Phi) is 5.18. The molecule has 2 heterocycles. The summed E-state index contributed by atoms with van der Waals surface area (Å²) in [6, 6.07) is 5.93. The SMILES string of the molecule is CC(=O)c1ccc(N2CCCCC2)c(NCc2cnc(Cl)s2)c1. The van der Waals surface area contributed by atoms with E-state index in [-0.39, 0.29) is 5.78 Å². The second-order valence-electron chi connectivity index (χ2n) is 5.77. The molecule has 0 saturated carbocycles. The van der Waals surface area contributed by atoms with Crippen LogP contribution in [0.4, 0.5) is 11.4 Å². The normalized spacial score (nSPS) is 14.8. The van der Waals surface area contributed by atoms with Gasteiger partial charge in [0.2, 0.25) is 0 Å². The van der Waals surface area contributed by atoms with Crippen LogP contribution >= 0.6 is 22.9 Å². The Labute approximate surface area is 145 Å². The van der Waals surface area contributed by atoms with Crippen LogP contribution in [0.5, 0.6) is 0 Å². The van der Waals surface area contributed by atoms with E-state index in [0.717, 1.165) is 29.2 Å². The van der Waals surface area contributed by atoms with Crippen molar-refractivity contribution in [3.63, 3.8) is 0 Å². The average Bonchev–Trinajstić information content (AvgIpc) is 2.99. The molecular weight excluding hydrogens is 330 g/mol. The zero-order valence-corrected chi connectivity index (χ0v) is 14.7. The van der Waals surface area contributed by atoms with Gasteiger partial charge in [0, 0.05) is 29.7 Å². The number of anilines is 2. The summed E-state index contributed by atoms with van der Waals surface area (Å²) >= 11 is 7.36. The molecule has 0 aliphatic carbocycles. The number of benzene rings is 1. The van der Waals surface area contributed by atoms with Gasteiger partial charge in [0.25, 0.3) is 0 Å². The molecule has 0 unspecified atom stereocenters. The van der Waals surface area contributed by atoms with Crippen LogP contribution in [-0.4, -0.2) is 23.9 Å². The van der Waals surface area contributed by atoms with Gasteiger partial charge < -0.3 is 10.2 Å². The van der Waals surface area contributed by atoms with Gasteiger partial charge in [0.1, 0.15) is 0 Å². The Balaban J connectivity index is 1.84. The summed E-state index contributed by atoms with van der Waals surface area (Å²) in [5.74, 6) is 0.0825. The maximum atomic E-state index is 11.7. The van der Waals surface area contributed by atoms with Gasteiger partial charge in [0.05, 0.1) is 17.9 Å². The Morgan fingerprint density at radius 2 is 2.13 bits per heavy atom. The van der Waals surface area contributed by atoms with E-state index >= 15 is 0 Å². The lowest BCUT2D eigenvalue weighted by atomic mass is 10.1. The van der Waals surface area contributed by atoms with Gasteiger partial charge in [-0.1, -0.05) is 11.6 Å². The Bertz CT molecular complexity index is 695. The summed E-state index contributed by atoms with van der Waals surface area (Å²) in [5, 5.41) is 3.45. The van der Waals surface area contributed by atoms with Crippen molar-refractivity contribution in [3.05, 3.63) is 39.3 Å². The van der Waals surface area contributed by atoms with Crippen LogP contribution in [0.25, 0.3) is 0 Å². The van der Waals surface area contributed by atoms with E-state index in [1.807, 2.05) is 12.1 Å². The van der Waals surface area contributed by atoms with Gasteiger partial charge >= 0.3 is 0 Å². The number of rotatable bonds is 5. The smallest absolute Gasteiger partial charge is 0.183 e. The molecule has 23 heavy (non-hydrogen) atoms. The van der Waals surface area contributed by atoms with E-state index in [2.05, 4.69) is 21.3 Å². The van der Waals surface area contributed by atoms with Crippen molar-refractivity contribution in [2.24, 2.45) is 0 Å². The number of nitrogens with one attached hydrogen (secondary N) is 1. The predicted octanol–water partition coefficient (Wildman–Crippen LogP) is 4.60. The van der Waals surface area contributed by atoms with Crippen molar-refractivity contribution in [2.45, 2.75) is 32.7 Å². The molecule has 1 saturated heterocycles. The van der Waals surface area contributed by atoms with Crippen molar-refractivity contribution in [1.82, 2.24) is 4.98 Å². The molecule has 1 aromatic carbocycles. The first-order chi connectivity index (χ1) is 11.1. The van der Waals surface area contributed by atoms with Gasteiger partial charge in [0.15, 0.2) is 10.3 Å². The first-order valence-electron chi connectivity index (χ1n) is 7.87. The molecule has 122 valence electrons. The van der Waals surface area contributed by atoms with Crippen LogP contribution in [0, 0.1) is 0 Å². The first kappa shape index (κ1) is 16.3. The van der Waals surface area contributed by atoms with Crippen LogP contribution in [0.2, 0.25) is 4.47 Å². The highest BCUT2D eigenvalue weighted by molar-refractivity contribution is 7.15. The monoisotopic (exact) mass is 349 g/mol. The molecular formula is C17H20ClN3OS. The number of Topliss-reactive ketones (excluding diaryl/α,β-unsaturated/α-hetero) is 1. The molecule has 6 heteroatoms. The fourth-order valence-electron chi connectivity index (χ4n) is 2.85. The van der Waals surface area contributed by atoms with Crippen LogP contribution in [-0.2, 0) is 6.54 Å². The standard InChI is InChI=1S/C17H20ClN3OS/c1-12(22)13-5-6-16(21-7-3-2-4-8-21)15(9-13)19-10-14-11-20-17(18)23-14/h5-6,9,11,19H,2-4,7-8,10H2,1H3. The number of carbonyl (C=O) groups excluding carboxylic acids is 1. The molecule has 1 aliphatic rings. The molecule has 0 amide bonds. The second kappa shape index (κ2) is 7.32. The van der Waals surface area contributed by atoms with Crippen LogP contribution < -0.4 is 10.2 Å². The molecule has 0 radical (unpaired) electrons. The molecule has 1 aliphatic heterocycles. The number of nitrogens with zero attached hydrogens (tertiary/aromatic N) is 2. The molecule has 1 N–H and O–H groups in total. The number of piperidine rings is 1. The minimum atomic E-state index is 0.0825. The van der Waals surface area contributed by atoms with Crippen molar-refractivity contribution >= 4 is 40.1 Å². The summed E-state index contributed by atoms with van der Waals surface area (Å²) in [6.07, 6.45) is 5.52. The zero-order chi connectivity index (χ0) is 16.2. The van der Waals surface area contributed by atoms with Crippen molar-refractivity contribution < 1.29 is 4.79 Å². The average molecular weight is 350 g/mol. The summed E-state index contributed by atoms with van der Waals surface area (Å²) in [6.45, 7) is 4.40. The topological polar surface area (TPSA) is 45.2 Å². The minimum Gasteiger partial charge on any atom is -0.378 e. The molecule has 2 aromatic rings. The number of hydrogen-bond donors (Lipinski definition) is 1. The maximum Gasteiger partial charge on any atom is 0.183 e. The highest BCUT2D eigenvalue weighted by atomic mass is 35.5. The van der Waals surface area contributed by atoms with Gasteiger partial charge in [-0.15, -0.1) is 11.3 Å². The molecule has 1 aromatic heterocycles. The number of halogens is 1. The third-order valence-electron chi connectivity index (χ3n) is 4.08. The lowest BCUT2D eigenvalue weighted by Gasteiger charge is -2.31. The summed E-state index contributed by atoms with van der Waals surface area (Å²) in [5.41, 5.74) is 2.91. The minimum absolute atomic E-state index is 0.0825. The number of carbonyl (C=O) groups is 1. The summed E-state index contributed by atoms with van der Waals surface area (Å²) < 4.78 is 0.551. The fourth-order valence-corrected chi connectivity index (χ4v) is 3.77. The number of hydrogen-bond acceptors (Lipinski definition) is 5. The quantitative estimate of drug-likeness (QED) is 0.801. The third kappa shape index (κ3) is 4.03. The number of thiazole rings is 1. The lowest BCUT2D eigenvalue weighted by molar-refractivity contribution is 0.101. The van der Waals surface area contributed by atoms with E-state index in [1.54, 1.807) is 13.1 Å². The Morgan fingerprint density at radius 1 is 1.35 bits per heavy atom. The first-order valence-corrected chi connectivity index (χ1v) is 9.07. The fraction of sp³-hybridized carbons (Fsp3) is 0.412. The predicted molar refractivity (Wildman–Crippen MR) is 97.0 cm³/mol. The van der Waals surface area contributed by atoms with E-state index < -0.39 is 0 Å². The van der Waals surface area contributed by atoms with E-state index in [9.17, 15) is 4.79 Å². The van der Waals surface area contributed by atoms with Gasteiger partial charge in [-0.3, -0.25) is 4.79 Å². The Hall–Kier alpha value is -1.59. The van der Waals surface area contributed by atoms with Gasteiger partial charge in [-0.25, -0.2) is 4.98 Å². The van der Waals surface area contributed by atoms with Crippen molar-refractivity contribution in [2.75, 3.05) is 23.3 Å². The summed E-state index contributed by atoms with van der Waals surface area (Å²) in [4.78, 5) is 19.2. The van der Waals surface area contributed by atoms with Crippen LogP contribution in [0.3, 0.4) is 0 Å². The third-order valence-corrected chi connectivity index (χ3v) is 5.19. The maximum absolute atomic E-state index is 11.7. The molecule has 0 spiro atoms. The Morgan fingerprint density at radius 3 is 2.78 bits per heavy atom. The molecule has 4 nitrogen and oxygen atoms in total. The van der Waals surface area contributed by atoms with Crippen molar-refractivity contribution in [3.8, 4) is 0 Å². The van der Waals surface area contributed by atoms with Crippen molar-refractivity contribution in [1.29, 1.82) is 0 Å². The number of ketones is 1. The largest absolute Gasteiger partial charge is 0.378 e. The summed E-state index contributed by atoms with van der Waals surface area (Å²) in [7, 11) is 0. The van der Waals surface area contributed by atoms with Gasteiger partial charge in [-0.2, -0.15) is 0 Å². The van der Waals surface area contributed by atoms with E-state index in [4.69, 9.17) is 11.6 Å². The van der Waals surface area contributed by atoms with E-state index in [1.165, 1.54) is 36.3 Å². The molecule has 0 bridgehead atoms. The van der Waals surface area contributed by atoms with Crippen LogP contribution in [0.15, 0.2) is 24.4 Å². The highest BCUT2D eigenvalue weighted by Crippen LogP contribution is 2.31. The highest BCUT2D eigenvalue weighted by Gasteiger charge is 2.16. The number of aromatic nitrogens is 1. The molecule has 1 fully saturated rings. The lowest BCUT2D eigenvalue weighted by Crippen LogP contribution is -2.30. The van der Waals surface area contributed by atoms with Gasteiger partial charge in [-0.05, 0) is 44.4 Å². The molecule has 3 rings (SSSR count). The van der Waals surface area contributed by atoms with Crippen LogP contribution in [0.1, 0.15) is 41.4 Å². The second-order valence-corrected chi connectivity index (χ2v) is 7.47.